The summed E-state index contributed by atoms with van der Waals surface area (Å²) in [5.41, 5.74) is 1.96. The van der Waals surface area contributed by atoms with Gasteiger partial charge in [0.2, 0.25) is 0 Å². The van der Waals surface area contributed by atoms with Crippen molar-refractivity contribution in [1.82, 2.24) is 30.2 Å². The van der Waals surface area contributed by atoms with Crippen molar-refractivity contribution < 1.29 is 4.74 Å². The van der Waals surface area contributed by atoms with E-state index in [1.165, 1.54) is 10.2 Å². The van der Waals surface area contributed by atoms with Gasteiger partial charge in [0.05, 0.1) is 12.7 Å². The Morgan fingerprint density at radius 2 is 2.08 bits per heavy atom. The molecule has 1 aliphatic rings. The Kier molecular flexibility index (Phi) is 4.30. The van der Waals surface area contributed by atoms with Crippen LogP contribution < -0.4 is 5.32 Å². The highest BCUT2D eigenvalue weighted by Crippen LogP contribution is 2.11. The summed E-state index contributed by atoms with van der Waals surface area (Å²) in [6, 6.07) is 14.2. The van der Waals surface area contributed by atoms with E-state index in [2.05, 4.69) is 55.1 Å². The van der Waals surface area contributed by atoms with Gasteiger partial charge in [-0.1, -0.05) is 30.3 Å². The molecule has 0 bridgehead atoms. The maximum absolute atomic E-state index is 5.86. The number of fused-ring (bicyclic) bond motifs is 1. The number of ether oxygens (including phenoxy) is 1. The Balaban J connectivity index is 1.32. The lowest BCUT2D eigenvalue weighted by atomic mass is 10.2. The van der Waals surface area contributed by atoms with E-state index < -0.39 is 0 Å². The van der Waals surface area contributed by atoms with E-state index in [4.69, 9.17) is 4.74 Å². The molecule has 1 saturated heterocycles. The fraction of sp³-hybridized carbons (Fsp3) is 0.375. The maximum Gasteiger partial charge on any atom is 0.200 e. The molecule has 0 aliphatic carbocycles. The van der Waals surface area contributed by atoms with E-state index in [-0.39, 0.29) is 6.10 Å². The lowest BCUT2D eigenvalue weighted by Gasteiger charge is -2.33. The first-order valence-corrected chi connectivity index (χ1v) is 8.04. The van der Waals surface area contributed by atoms with Crippen LogP contribution in [0.15, 0.2) is 42.5 Å². The van der Waals surface area contributed by atoms with Crippen molar-refractivity contribution in [3.63, 3.8) is 0 Å². The van der Waals surface area contributed by atoms with Crippen LogP contribution in [0.25, 0.3) is 5.65 Å². The van der Waals surface area contributed by atoms with Gasteiger partial charge in [0, 0.05) is 26.2 Å². The minimum absolute atomic E-state index is 0.133. The standard InChI is InChI=1S/C16H19N7O/c1-2-4-13(5-3-1)11-22-8-9-24-14(12-22)10-17-15-6-7-16-18-20-21-23(16)19-15/h1-7,14H,8-12H2,(H,17,19)/t14-/m1/s1. The number of anilines is 1. The van der Waals surface area contributed by atoms with E-state index in [1.807, 2.05) is 18.2 Å². The Morgan fingerprint density at radius 1 is 1.17 bits per heavy atom. The average molecular weight is 325 g/mol. The summed E-state index contributed by atoms with van der Waals surface area (Å²) in [5.74, 6) is 0.735. The molecule has 1 fully saturated rings. The highest BCUT2D eigenvalue weighted by Gasteiger charge is 2.20. The molecule has 1 atom stereocenters. The number of benzene rings is 1. The molecule has 0 radical (unpaired) electrons. The van der Waals surface area contributed by atoms with Crippen molar-refractivity contribution in [3.8, 4) is 0 Å². The van der Waals surface area contributed by atoms with Gasteiger partial charge in [0.25, 0.3) is 0 Å². The third-order valence-corrected chi connectivity index (χ3v) is 4.05. The molecule has 8 heteroatoms. The van der Waals surface area contributed by atoms with Gasteiger partial charge in [-0.25, -0.2) is 0 Å². The second-order valence-electron chi connectivity index (χ2n) is 5.84. The Bertz CT molecular complexity index is 791. The van der Waals surface area contributed by atoms with Crippen LogP contribution in [0.5, 0.6) is 0 Å². The topological polar surface area (TPSA) is 80.5 Å². The van der Waals surface area contributed by atoms with E-state index in [0.717, 1.165) is 32.1 Å². The van der Waals surface area contributed by atoms with Crippen molar-refractivity contribution in [1.29, 1.82) is 0 Å². The molecule has 0 saturated carbocycles. The highest BCUT2D eigenvalue weighted by molar-refractivity contribution is 5.42. The molecule has 3 aromatic rings. The zero-order chi connectivity index (χ0) is 16.2. The number of tetrazole rings is 1. The van der Waals surface area contributed by atoms with Gasteiger partial charge >= 0.3 is 0 Å². The van der Waals surface area contributed by atoms with E-state index in [9.17, 15) is 0 Å². The molecule has 0 unspecified atom stereocenters. The maximum atomic E-state index is 5.86. The molecule has 3 heterocycles. The van der Waals surface area contributed by atoms with Gasteiger partial charge in [-0.2, -0.15) is 0 Å². The summed E-state index contributed by atoms with van der Waals surface area (Å²) >= 11 is 0. The summed E-state index contributed by atoms with van der Waals surface area (Å²) in [6.07, 6.45) is 0.133. The van der Waals surface area contributed by atoms with Gasteiger partial charge in [0.15, 0.2) is 5.65 Å². The number of morpholine rings is 1. The van der Waals surface area contributed by atoms with E-state index in [1.54, 1.807) is 0 Å². The third kappa shape index (κ3) is 3.50. The quantitative estimate of drug-likeness (QED) is 0.744. The molecule has 1 aromatic carbocycles. The van der Waals surface area contributed by atoms with Crippen molar-refractivity contribution >= 4 is 11.5 Å². The predicted octanol–water partition coefficient (Wildman–Crippen LogP) is 0.832. The van der Waals surface area contributed by atoms with Gasteiger partial charge in [0.1, 0.15) is 5.82 Å². The minimum atomic E-state index is 0.133. The molecular weight excluding hydrogens is 306 g/mol. The smallest absolute Gasteiger partial charge is 0.200 e. The fourth-order valence-corrected chi connectivity index (χ4v) is 2.85. The number of aromatic nitrogens is 5. The molecular formula is C16H19N7O. The normalized spacial score (nSPS) is 18.8. The van der Waals surface area contributed by atoms with Crippen LogP contribution in [0, 0.1) is 0 Å². The Hall–Kier alpha value is -2.58. The molecule has 0 spiro atoms. The molecule has 124 valence electrons. The number of hydrogen-bond acceptors (Lipinski definition) is 7. The number of rotatable bonds is 5. The Morgan fingerprint density at radius 3 is 3.00 bits per heavy atom. The van der Waals surface area contributed by atoms with Crippen LogP contribution in [0.1, 0.15) is 5.56 Å². The molecule has 8 nitrogen and oxygen atoms in total. The van der Waals surface area contributed by atoms with Crippen LogP contribution in [0.4, 0.5) is 5.82 Å². The van der Waals surface area contributed by atoms with Crippen LogP contribution >= 0.6 is 0 Å². The van der Waals surface area contributed by atoms with Gasteiger partial charge < -0.3 is 10.1 Å². The third-order valence-electron chi connectivity index (χ3n) is 4.05. The summed E-state index contributed by atoms with van der Waals surface area (Å²) in [4.78, 5) is 2.42. The minimum Gasteiger partial charge on any atom is -0.374 e. The fourth-order valence-electron chi connectivity index (χ4n) is 2.85. The monoisotopic (exact) mass is 325 g/mol. The molecule has 1 aliphatic heterocycles. The Labute approximate surface area is 139 Å². The zero-order valence-corrected chi connectivity index (χ0v) is 13.2. The number of nitrogens with one attached hydrogen (secondary N) is 1. The predicted molar refractivity (Wildman–Crippen MR) is 88.5 cm³/mol. The zero-order valence-electron chi connectivity index (χ0n) is 13.2. The van der Waals surface area contributed by atoms with Crippen LogP contribution in [-0.2, 0) is 11.3 Å². The van der Waals surface area contributed by atoms with Crippen molar-refractivity contribution in [2.45, 2.75) is 12.6 Å². The largest absolute Gasteiger partial charge is 0.374 e. The van der Waals surface area contributed by atoms with Crippen LogP contribution in [0.3, 0.4) is 0 Å². The second kappa shape index (κ2) is 6.90. The molecule has 2 aromatic heterocycles. The second-order valence-corrected chi connectivity index (χ2v) is 5.84. The van der Waals surface area contributed by atoms with Crippen molar-refractivity contribution in [2.75, 3.05) is 31.6 Å². The first-order valence-electron chi connectivity index (χ1n) is 8.04. The van der Waals surface area contributed by atoms with Crippen LogP contribution in [0.2, 0.25) is 0 Å². The lowest BCUT2D eigenvalue weighted by molar-refractivity contribution is -0.0240. The average Bonchev–Trinajstić information content (AvgIpc) is 3.09. The first-order chi connectivity index (χ1) is 11.9. The van der Waals surface area contributed by atoms with Gasteiger partial charge in [-0.3, -0.25) is 4.90 Å². The molecule has 1 N–H and O–H groups in total. The van der Waals surface area contributed by atoms with Crippen LogP contribution in [-0.4, -0.2) is 62.5 Å². The number of hydrogen-bond donors (Lipinski definition) is 1. The summed E-state index contributed by atoms with van der Waals surface area (Å²) in [7, 11) is 0. The molecule has 0 amide bonds. The molecule has 24 heavy (non-hydrogen) atoms. The summed E-state index contributed by atoms with van der Waals surface area (Å²) in [6.45, 7) is 4.26. The lowest BCUT2D eigenvalue weighted by Crippen LogP contribution is -2.44. The first kappa shape index (κ1) is 15.0. The summed E-state index contributed by atoms with van der Waals surface area (Å²) < 4.78 is 7.27. The summed E-state index contributed by atoms with van der Waals surface area (Å²) in [5, 5.41) is 18.8. The van der Waals surface area contributed by atoms with Gasteiger partial charge in [-0.05, 0) is 28.1 Å². The van der Waals surface area contributed by atoms with E-state index >= 15 is 0 Å². The van der Waals surface area contributed by atoms with Crippen molar-refractivity contribution in [3.05, 3.63) is 48.0 Å². The van der Waals surface area contributed by atoms with E-state index in [0.29, 0.717) is 12.2 Å². The SMILES string of the molecule is c1ccc(CN2CCO[C@H](CNc3ccc4nnnn4n3)C2)cc1. The van der Waals surface area contributed by atoms with Crippen molar-refractivity contribution in [2.24, 2.45) is 0 Å². The number of nitrogens with zero attached hydrogens (tertiary/aromatic N) is 6. The molecule has 4 rings (SSSR count). The highest BCUT2D eigenvalue weighted by atomic mass is 16.5. The van der Waals surface area contributed by atoms with Gasteiger partial charge in [-0.15, -0.1) is 14.8 Å².